The lowest BCUT2D eigenvalue weighted by molar-refractivity contribution is 0.122. The molecular formula is C20H28N4O2S. The van der Waals surface area contributed by atoms with Crippen LogP contribution in [0.15, 0.2) is 30.3 Å². The van der Waals surface area contributed by atoms with E-state index >= 15 is 0 Å². The molecule has 1 aromatic heterocycles. The predicted octanol–water partition coefficient (Wildman–Crippen LogP) is 3.29. The Morgan fingerprint density at radius 3 is 2.67 bits per heavy atom. The van der Waals surface area contributed by atoms with Crippen molar-refractivity contribution in [2.75, 3.05) is 63.0 Å². The Morgan fingerprint density at radius 2 is 1.96 bits per heavy atom. The third kappa shape index (κ3) is 5.82. The Balaban J connectivity index is 1.76. The topological polar surface area (TPSA) is 59.5 Å². The summed E-state index contributed by atoms with van der Waals surface area (Å²) in [6, 6.07) is 10.4. The van der Waals surface area contributed by atoms with Gasteiger partial charge in [0.05, 0.1) is 18.9 Å². The molecule has 0 spiro atoms. The Bertz CT molecular complexity index is 706. The molecule has 1 aromatic carbocycles. The van der Waals surface area contributed by atoms with E-state index in [0.717, 1.165) is 80.2 Å². The molecule has 146 valence electrons. The van der Waals surface area contributed by atoms with Crippen LogP contribution in [0.1, 0.15) is 12.1 Å². The van der Waals surface area contributed by atoms with Crippen LogP contribution in [0.4, 0.5) is 11.5 Å². The highest BCUT2D eigenvalue weighted by molar-refractivity contribution is 7.97. The number of methoxy groups -OCH3 is 1. The van der Waals surface area contributed by atoms with Crippen LogP contribution in [0.3, 0.4) is 0 Å². The number of morpholine rings is 1. The van der Waals surface area contributed by atoms with Gasteiger partial charge in [-0.15, -0.1) is 0 Å². The lowest BCUT2D eigenvalue weighted by atomic mass is 10.2. The van der Waals surface area contributed by atoms with Crippen LogP contribution in [-0.2, 0) is 15.2 Å². The van der Waals surface area contributed by atoms with Crippen LogP contribution >= 0.6 is 11.8 Å². The second-order valence-electron chi connectivity index (χ2n) is 6.42. The van der Waals surface area contributed by atoms with Gasteiger partial charge in [-0.25, -0.2) is 9.97 Å². The van der Waals surface area contributed by atoms with Gasteiger partial charge in [0, 0.05) is 56.4 Å². The van der Waals surface area contributed by atoms with E-state index in [1.165, 1.54) is 0 Å². The third-order valence-electron chi connectivity index (χ3n) is 4.39. The van der Waals surface area contributed by atoms with Crippen LogP contribution < -0.4 is 10.2 Å². The minimum Gasteiger partial charge on any atom is -0.385 e. The molecule has 1 saturated heterocycles. The summed E-state index contributed by atoms with van der Waals surface area (Å²) < 4.78 is 10.5. The first kappa shape index (κ1) is 19.9. The molecule has 0 aliphatic carbocycles. The van der Waals surface area contributed by atoms with Gasteiger partial charge in [0.1, 0.15) is 5.82 Å². The molecular weight excluding hydrogens is 360 g/mol. The maximum Gasteiger partial charge on any atom is 0.161 e. The zero-order valence-corrected chi connectivity index (χ0v) is 16.9. The maximum absolute atomic E-state index is 5.47. The zero-order chi connectivity index (χ0) is 18.9. The van der Waals surface area contributed by atoms with Crippen molar-refractivity contribution < 1.29 is 9.47 Å². The van der Waals surface area contributed by atoms with Gasteiger partial charge in [0.25, 0.3) is 0 Å². The van der Waals surface area contributed by atoms with E-state index in [1.807, 2.05) is 0 Å². The molecule has 7 heteroatoms. The quantitative estimate of drug-likeness (QED) is 0.662. The number of nitrogens with one attached hydrogen (secondary N) is 1. The van der Waals surface area contributed by atoms with Crippen LogP contribution in [0, 0.1) is 0 Å². The van der Waals surface area contributed by atoms with Crippen molar-refractivity contribution in [3.63, 3.8) is 0 Å². The smallest absolute Gasteiger partial charge is 0.161 e. The van der Waals surface area contributed by atoms with E-state index in [4.69, 9.17) is 19.4 Å². The fourth-order valence-electron chi connectivity index (χ4n) is 2.97. The second-order valence-corrected chi connectivity index (χ2v) is 7.29. The van der Waals surface area contributed by atoms with Crippen molar-refractivity contribution in [2.24, 2.45) is 0 Å². The summed E-state index contributed by atoms with van der Waals surface area (Å²) in [5.41, 5.74) is 3.20. The lowest BCUT2D eigenvalue weighted by Gasteiger charge is -2.28. The van der Waals surface area contributed by atoms with E-state index in [9.17, 15) is 0 Å². The Hall–Kier alpha value is -1.83. The first-order valence-electron chi connectivity index (χ1n) is 9.33. The summed E-state index contributed by atoms with van der Waals surface area (Å²) >= 11 is 1.78. The van der Waals surface area contributed by atoms with Crippen LogP contribution in [-0.4, -0.2) is 62.8 Å². The summed E-state index contributed by atoms with van der Waals surface area (Å²) in [5, 5.41) is 3.41. The first-order valence-corrected chi connectivity index (χ1v) is 10.7. The maximum atomic E-state index is 5.47. The van der Waals surface area contributed by atoms with E-state index < -0.39 is 0 Å². The number of anilines is 2. The molecule has 0 bridgehead atoms. The molecule has 1 N–H and O–H groups in total. The largest absolute Gasteiger partial charge is 0.385 e. The lowest BCUT2D eigenvalue weighted by Crippen LogP contribution is -2.37. The summed E-state index contributed by atoms with van der Waals surface area (Å²) in [6.45, 7) is 4.92. The van der Waals surface area contributed by atoms with Gasteiger partial charge in [-0.2, -0.15) is 11.8 Å². The second kappa shape index (κ2) is 10.5. The summed E-state index contributed by atoms with van der Waals surface area (Å²) in [7, 11) is 1.73. The number of thioether (sulfide) groups is 1. The first-order chi connectivity index (χ1) is 13.3. The van der Waals surface area contributed by atoms with E-state index in [1.54, 1.807) is 18.9 Å². The fourth-order valence-corrected chi connectivity index (χ4v) is 3.42. The van der Waals surface area contributed by atoms with Gasteiger partial charge in [0.15, 0.2) is 5.82 Å². The molecule has 0 unspecified atom stereocenters. The summed E-state index contributed by atoms with van der Waals surface area (Å²) in [6.07, 6.45) is 3.08. The van der Waals surface area contributed by atoms with E-state index in [2.05, 4.69) is 46.8 Å². The molecule has 2 aromatic rings. The highest BCUT2D eigenvalue weighted by Crippen LogP contribution is 2.24. The van der Waals surface area contributed by atoms with Gasteiger partial charge in [0.2, 0.25) is 0 Å². The van der Waals surface area contributed by atoms with E-state index in [-0.39, 0.29) is 0 Å². The Morgan fingerprint density at radius 1 is 1.19 bits per heavy atom. The molecule has 3 rings (SSSR count). The van der Waals surface area contributed by atoms with Crippen molar-refractivity contribution in [1.29, 1.82) is 0 Å². The fraction of sp³-hybridized carbons (Fsp3) is 0.500. The highest BCUT2D eigenvalue weighted by atomic mass is 32.2. The molecule has 1 fully saturated rings. The number of ether oxygens (including phenoxy) is 2. The van der Waals surface area contributed by atoms with Crippen molar-refractivity contribution in [1.82, 2.24) is 9.97 Å². The van der Waals surface area contributed by atoms with E-state index in [0.29, 0.717) is 0 Å². The molecule has 6 nitrogen and oxygen atoms in total. The van der Waals surface area contributed by atoms with Crippen molar-refractivity contribution >= 4 is 23.3 Å². The van der Waals surface area contributed by atoms with Gasteiger partial charge in [-0.3, -0.25) is 0 Å². The number of rotatable bonds is 9. The monoisotopic (exact) mass is 388 g/mol. The van der Waals surface area contributed by atoms with Crippen molar-refractivity contribution in [2.45, 2.75) is 12.2 Å². The number of nitrogens with zero attached hydrogens (tertiary/aromatic N) is 3. The van der Waals surface area contributed by atoms with Crippen LogP contribution in [0.2, 0.25) is 0 Å². The highest BCUT2D eigenvalue weighted by Gasteiger charge is 2.15. The average Bonchev–Trinajstić information content (AvgIpc) is 2.72. The zero-order valence-electron chi connectivity index (χ0n) is 16.1. The predicted molar refractivity (Wildman–Crippen MR) is 113 cm³/mol. The van der Waals surface area contributed by atoms with Gasteiger partial charge >= 0.3 is 0 Å². The van der Waals surface area contributed by atoms with Gasteiger partial charge < -0.3 is 19.7 Å². The van der Waals surface area contributed by atoms with Crippen molar-refractivity contribution in [3.05, 3.63) is 36.0 Å². The standard InChI is InChI=1S/C20H28N4O2S/c1-25-11-3-8-21-17-6-4-16(5-7-17)20-22-18(15-27-2)14-19(23-20)24-9-12-26-13-10-24/h4-7,14,21H,3,8-13,15H2,1-2H3. The molecule has 1 aliphatic rings. The minimum atomic E-state index is 0.751. The minimum absolute atomic E-state index is 0.751. The normalized spacial score (nSPS) is 14.4. The third-order valence-corrected chi connectivity index (χ3v) is 4.97. The molecule has 0 amide bonds. The Kier molecular flexibility index (Phi) is 7.74. The van der Waals surface area contributed by atoms with Gasteiger partial charge in [-0.05, 0) is 36.9 Å². The average molecular weight is 389 g/mol. The number of benzene rings is 1. The SMILES string of the molecule is COCCCNc1ccc(-c2nc(CSC)cc(N3CCOCC3)n2)cc1. The van der Waals surface area contributed by atoms with Crippen molar-refractivity contribution in [3.8, 4) is 11.4 Å². The molecule has 0 saturated carbocycles. The summed E-state index contributed by atoms with van der Waals surface area (Å²) in [5.74, 6) is 2.66. The molecule has 1 aliphatic heterocycles. The number of hydrogen-bond acceptors (Lipinski definition) is 7. The van der Waals surface area contributed by atoms with Crippen LogP contribution in [0.5, 0.6) is 0 Å². The number of hydrogen-bond donors (Lipinski definition) is 1. The molecule has 27 heavy (non-hydrogen) atoms. The van der Waals surface area contributed by atoms with Crippen LogP contribution in [0.25, 0.3) is 11.4 Å². The Labute approximate surface area is 165 Å². The van der Waals surface area contributed by atoms with Gasteiger partial charge in [-0.1, -0.05) is 0 Å². The number of aromatic nitrogens is 2. The molecule has 0 atom stereocenters. The molecule has 2 heterocycles. The summed E-state index contributed by atoms with van der Waals surface area (Å²) in [4.78, 5) is 11.9. The molecule has 0 radical (unpaired) electrons.